The van der Waals surface area contributed by atoms with Crippen LogP contribution in [0.25, 0.3) is 0 Å². The molecule has 2 N–H and O–H groups in total. The van der Waals surface area contributed by atoms with Crippen molar-refractivity contribution < 1.29 is 26.4 Å². The number of carbonyl (C=O) groups excluding carboxylic acids is 1. The zero-order valence-corrected chi connectivity index (χ0v) is 16.2. The van der Waals surface area contributed by atoms with Gasteiger partial charge in [0.25, 0.3) is 0 Å². The molecule has 2 rings (SSSR count). The maximum atomic E-state index is 12.7. The number of benzene rings is 2. The predicted molar refractivity (Wildman–Crippen MR) is 100 cm³/mol. The van der Waals surface area contributed by atoms with Crippen LogP contribution in [0.3, 0.4) is 0 Å². The van der Waals surface area contributed by atoms with Gasteiger partial charge in [-0.15, -0.1) is 0 Å². The molecule has 0 aliphatic heterocycles. The van der Waals surface area contributed by atoms with Crippen molar-refractivity contribution in [1.82, 2.24) is 4.72 Å². The van der Waals surface area contributed by atoms with Crippen LogP contribution >= 0.6 is 0 Å². The minimum absolute atomic E-state index is 0.0679. The molecule has 0 radical (unpaired) electrons. The van der Waals surface area contributed by atoms with Crippen molar-refractivity contribution in [2.45, 2.75) is 37.8 Å². The van der Waals surface area contributed by atoms with Gasteiger partial charge >= 0.3 is 6.18 Å². The predicted octanol–water partition coefficient (Wildman–Crippen LogP) is 4.02. The summed E-state index contributed by atoms with van der Waals surface area (Å²) in [7, 11) is -4.09. The largest absolute Gasteiger partial charge is 0.416 e. The number of carbonyl (C=O) groups is 1. The van der Waals surface area contributed by atoms with E-state index in [0.29, 0.717) is 11.8 Å². The van der Waals surface area contributed by atoms with Crippen molar-refractivity contribution in [3.8, 4) is 0 Å². The van der Waals surface area contributed by atoms with E-state index in [4.69, 9.17) is 0 Å². The molecular weight excluding hydrogens is 393 g/mol. The van der Waals surface area contributed by atoms with E-state index in [1.54, 1.807) is 0 Å². The summed E-state index contributed by atoms with van der Waals surface area (Å²) in [6, 6.07) is 9.15. The van der Waals surface area contributed by atoms with Crippen LogP contribution in [0.2, 0.25) is 0 Å². The molecule has 152 valence electrons. The number of amides is 1. The molecule has 9 heteroatoms. The summed E-state index contributed by atoms with van der Waals surface area (Å²) in [6.45, 7) is 3.69. The number of hydrogen-bond donors (Lipinski definition) is 2. The fourth-order valence-electron chi connectivity index (χ4n) is 2.46. The van der Waals surface area contributed by atoms with E-state index in [0.717, 1.165) is 29.3 Å². The number of sulfonamides is 1. The molecule has 28 heavy (non-hydrogen) atoms. The first-order valence-electron chi connectivity index (χ1n) is 8.53. The van der Waals surface area contributed by atoms with Crippen LogP contribution in [0.5, 0.6) is 0 Å². The van der Waals surface area contributed by atoms with E-state index in [1.807, 2.05) is 32.0 Å². The monoisotopic (exact) mass is 414 g/mol. The summed E-state index contributed by atoms with van der Waals surface area (Å²) in [4.78, 5) is 11.5. The number of anilines is 1. The summed E-state index contributed by atoms with van der Waals surface area (Å²) >= 11 is 0. The van der Waals surface area contributed by atoms with Crippen LogP contribution < -0.4 is 10.0 Å². The Balaban J connectivity index is 1.89. The van der Waals surface area contributed by atoms with Gasteiger partial charge in [-0.05, 0) is 55.7 Å². The lowest BCUT2D eigenvalue weighted by atomic mass is 10.1. The summed E-state index contributed by atoms with van der Waals surface area (Å²) < 4.78 is 64.7. The molecule has 0 saturated heterocycles. The first-order chi connectivity index (χ1) is 13.0. The smallest absolute Gasteiger partial charge is 0.326 e. The van der Waals surface area contributed by atoms with E-state index in [1.165, 1.54) is 0 Å². The molecule has 0 aliphatic rings. The van der Waals surface area contributed by atoms with Gasteiger partial charge in [-0.1, -0.05) is 18.2 Å². The third-order valence-electron chi connectivity index (χ3n) is 4.01. The van der Waals surface area contributed by atoms with E-state index >= 15 is 0 Å². The number of alkyl halides is 3. The van der Waals surface area contributed by atoms with E-state index in [9.17, 15) is 26.4 Å². The van der Waals surface area contributed by atoms with Crippen molar-refractivity contribution in [2.75, 3.05) is 11.9 Å². The quantitative estimate of drug-likeness (QED) is 0.672. The summed E-state index contributed by atoms with van der Waals surface area (Å²) in [5, 5.41) is 2.76. The molecule has 0 atom stereocenters. The maximum Gasteiger partial charge on any atom is 0.416 e. The zero-order chi connectivity index (χ0) is 20.9. The third-order valence-corrected chi connectivity index (χ3v) is 5.47. The normalized spacial score (nSPS) is 12.0. The Morgan fingerprint density at radius 3 is 2.46 bits per heavy atom. The van der Waals surface area contributed by atoms with Crippen molar-refractivity contribution in [3.63, 3.8) is 0 Å². The van der Waals surface area contributed by atoms with Crippen LogP contribution in [0, 0.1) is 13.8 Å². The topological polar surface area (TPSA) is 75.3 Å². The average molecular weight is 414 g/mol. The van der Waals surface area contributed by atoms with Gasteiger partial charge in [0, 0.05) is 18.7 Å². The first kappa shape index (κ1) is 21.9. The van der Waals surface area contributed by atoms with Crippen LogP contribution in [0.4, 0.5) is 18.9 Å². The number of nitrogens with one attached hydrogen (secondary N) is 2. The molecule has 0 spiro atoms. The minimum Gasteiger partial charge on any atom is -0.326 e. The fourth-order valence-corrected chi connectivity index (χ4v) is 3.58. The summed E-state index contributed by atoms with van der Waals surface area (Å²) in [5.41, 5.74) is 1.55. The van der Waals surface area contributed by atoms with Gasteiger partial charge < -0.3 is 5.32 Å². The van der Waals surface area contributed by atoms with Crippen LogP contribution in [-0.2, 0) is 21.0 Å². The molecule has 0 saturated carbocycles. The lowest BCUT2D eigenvalue weighted by Gasteiger charge is -2.11. The highest BCUT2D eigenvalue weighted by atomic mass is 32.2. The van der Waals surface area contributed by atoms with Gasteiger partial charge in [0.1, 0.15) is 0 Å². The number of hydrogen-bond acceptors (Lipinski definition) is 3. The molecule has 1 amide bonds. The van der Waals surface area contributed by atoms with Crippen molar-refractivity contribution in [3.05, 3.63) is 59.2 Å². The first-order valence-corrected chi connectivity index (χ1v) is 10.0. The summed E-state index contributed by atoms with van der Waals surface area (Å²) in [5.74, 6) is -0.271. The zero-order valence-electron chi connectivity index (χ0n) is 15.4. The van der Waals surface area contributed by atoms with Gasteiger partial charge in [0.2, 0.25) is 15.9 Å². The Morgan fingerprint density at radius 1 is 1.07 bits per heavy atom. The minimum atomic E-state index is -4.63. The number of rotatable bonds is 7. The van der Waals surface area contributed by atoms with Crippen molar-refractivity contribution in [1.29, 1.82) is 0 Å². The number of halogens is 3. The second kappa shape index (κ2) is 8.74. The van der Waals surface area contributed by atoms with Crippen LogP contribution in [0.15, 0.2) is 47.4 Å². The Hall–Kier alpha value is -2.39. The van der Waals surface area contributed by atoms with Crippen LogP contribution in [0.1, 0.15) is 29.5 Å². The van der Waals surface area contributed by atoms with E-state index in [-0.39, 0.29) is 25.3 Å². The van der Waals surface area contributed by atoms with E-state index in [2.05, 4.69) is 10.0 Å². The molecule has 0 unspecified atom stereocenters. The molecule has 0 fully saturated rings. The highest BCUT2D eigenvalue weighted by molar-refractivity contribution is 7.89. The standard InChI is InChI=1S/C19H21F3N2O3S/c1-13-8-9-14(2)17(11-13)24-18(25)7-4-10-23-28(26,27)16-6-3-5-15(12-16)19(20,21)22/h3,5-6,8-9,11-12,23H,4,7,10H2,1-2H3,(H,24,25). The molecule has 5 nitrogen and oxygen atoms in total. The molecule has 0 aliphatic carbocycles. The fraction of sp³-hybridized carbons (Fsp3) is 0.316. The second-order valence-corrected chi connectivity index (χ2v) is 8.16. The van der Waals surface area contributed by atoms with Crippen LogP contribution in [-0.4, -0.2) is 20.9 Å². The third kappa shape index (κ3) is 6.07. The lowest BCUT2D eigenvalue weighted by Crippen LogP contribution is -2.26. The van der Waals surface area contributed by atoms with Gasteiger partial charge in [0.05, 0.1) is 10.5 Å². The average Bonchev–Trinajstić information content (AvgIpc) is 2.61. The van der Waals surface area contributed by atoms with Crippen molar-refractivity contribution in [2.24, 2.45) is 0 Å². The van der Waals surface area contributed by atoms with Gasteiger partial charge in [-0.25, -0.2) is 13.1 Å². The lowest BCUT2D eigenvalue weighted by molar-refractivity contribution is -0.137. The highest BCUT2D eigenvalue weighted by Crippen LogP contribution is 2.30. The maximum absolute atomic E-state index is 12.7. The van der Waals surface area contributed by atoms with Gasteiger partial charge in [-0.3, -0.25) is 4.79 Å². The Kier molecular flexibility index (Phi) is 6.84. The molecule has 0 bridgehead atoms. The Labute approximate surface area is 162 Å². The highest BCUT2D eigenvalue weighted by Gasteiger charge is 2.31. The molecular formula is C19H21F3N2O3S. The molecule has 2 aromatic rings. The molecule has 2 aromatic carbocycles. The molecule has 0 aromatic heterocycles. The number of aryl methyl sites for hydroxylation is 2. The summed E-state index contributed by atoms with van der Waals surface area (Å²) in [6.07, 6.45) is -4.36. The SMILES string of the molecule is Cc1ccc(C)c(NC(=O)CCCNS(=O)(=O)c2cccc(C(F)(F)F)c2)c1. The Bertz CT molecular complexity index is 957. The van der Waals surface area contributed by atoms with Crippen molar-refractivity contribution >= 4 is 21.6 Å². The van der Waals surface area contributed by atoms with E-state index < -0.39 is 26.7 Å². The molecule has 0 heterocycles. The second-order valence-electron chi connectivity index (χ2n) is 6.39. The Morgan fingerprint density at radius 2 is 1.79 bits per heavy atom. The van der Waals surface area contributed by atoms with Gasteiger partial charge in [0.15, 0.2) is 0 Å². The van der Waals surface area contributed by atoms with Gasteiger partial charge in [-0.2, -0.15) is 13.2 Å².